The SMILES string of the molecule is c1ccc(-c2ccc3c(c2)c2ccccc2n3-c2nc(-c3ccccc3)nc(-c3cc4oc5cccc6c7ccccc7c(c3)c4c56)n2)cc1. The molecule has 0 aliphatic rings. The van der Waals surface area contributed by atoms with Crippen LogP contribution in [0, 0.1) is 0 Å². The standard InChI is InChI=1S/C45H26N4O/c1-3-12-27(13-4-1)29-22-23-38-35(24-29)33-18-9-10-20-37(33)49(38)45-47-43(28-14-5-2-6-15-28)46-44(48-45)30-25-36-32-17-8-7-16-31(32)34-19-11-21-39-41(34)42(36)40(26-30)50-39/h1-26H. The van der Waals surface area contributed by atoms with Crippen molar-refractivity contribution in [1.82, 2.24) is 19.5 Å². The Hall–Kier alpha value is -6.85. The second-order valence-electron chi connectivity index (χ2n) is 12.8. The summed E-state index contributed by atoms with van der Waals surface area (Å²) in [5.74, 6) is 1.76. The summed E-state index contributed by atoms with van der Waals surface area (Å²) in [6, 6.07) is 55.0. The lowest BCUT2D eigenvalue weighted by atomic mass is 9.93. The van der Waals surface area contributed by atoms with Crippen molar-refractivity contribution in [2.45, 2.75) is 0 Å². The smallest absolute Gasteiger partial charge is 0.238 e. The number of nitrogens with zero attached hydrogens (tertiary/aromatic N) is 4. The first-order valence-electron chi connectivity index (χ1n) is 16.8. The molecule has 0 aliphatic carbocycles. The van der Waals surface area contributed by atoms with Gasteiger partial charge in [-0.25, -0.2) is 4.98 Å². The van der Waals surface area contributed by atoms with Gasteiger partial charge in [-0.05, 0) is 69.1 Å². The van der Waals surface area contributed by atoms with Gasteiger partial charge in [-0.2, -0.15) is 9.97 Å². The number of rotatable bonds is 4. The summed E-state index contributed by atoms with van der Waals surface area (Å²) < 4.78 is 8.72. The van der Waals surface area contributed by atoms with Crippen molar-refractivity contribution >= 4 is 65.3 Å². The number of para-hydroxylation sites is 1. The van der Waals surface area contributed by atoms with E-state index in [9.17, 15) is 0 Å². The summed E-state index contributed by atoms with van der Waals surface area (Å²) in [7, 11) is 0. The third-order valence-electron chi connectivity index (χ3n) is 10.00. The topological polar surface area (TPSA) is 56.7 Å². The lowest BCUT2D eigenvalue weighted by Crippen LogP contribution is -2.06. The van der Waals surface area contributed by atoms with E-state index < -0.39 is 0 Å². The van der Waals surface area contributed by atoms with E-state index in [0.29, 0.717) is 17.6 Å². The van der Waals surface area contributed by atoms with Gasteiger partial charge in [0.05, 0.1) is 11.0 Å². The fourth-order valence-electron chi connectivity index (χ4n) is 7.77. The number of hydrogen-bond acceptors (Lipinski definition) is 4. The van der Waals surface area contributed by atoms with E-state index in [-0.39, 0.29) is 0 Å². The minimum absolute atomic E-state index is 0.563. The van der Waals surface area contributed by atoms with Crippen LogP contribution in [0.15, 0.2) is 162 Å². The molecule has 0 unspecified atom stereocenters. The third kappa shape index (κ3) is 3.92. The number of aromatic nitrogens is 4. The zero-order valence-electron chi connectivity index (χ0n) is 26.7. The highest BCUT2D eigenvalue weighted by atomic mass is 16.3. The second-order valence-corrected chi connectivity index (χ2v) is 12.8. The highest BCUT2D eigenvalue weighted by molar-refractivity contribution is 6.33. The van der Waals surface area contributed by atoms with E-state index in [1.54, 1.807) is 0 Å². The zero-order valence-corrected chi connectivity index (χ0v) is 26.7. The van der Waals surface area contributed by atoms with E-state index in [1.807, 2.05) is 36.4 Å². The molecule has 0 amide bonds. The molecule has 3 aromatic heterocycles. The van der Waals surface area contributed by atoms with Crippen LogP contribution in [0.4, 0.5) is 0 Å². The van der Waals surface area contributed by atoms with Crippen molar-refractivity contribution in [2.75, 3.05) is 0 Å². The normalized spacial score (nSPS) is 12.0. The van der Waals surface area contributed by atoms with Crippen LogP contribution in [0.3, 0.4) is 0 Å². The third-order valence-corrected chi connectivity index (χ3v) is 10.00. The van der Waals surface area contributed by atoms with Crippen molar-refractivity contribution in [1.29, 1.82) is 0 Å². The lowest BCUT2D eigenvalue weighted by molar-refractivity contribution is 0.669. The zero-order chi connectivity index (χ0) is 32.8. The predicted molar refractivity (Wildman–Crippen MR) is 204 cm³/mol. The molecule has 5 heteroatoms. The molecular weight excluding hydrogens is 613 g/mol. The quantitative estimate of drug-likeness (QED) is 0.180. The molecule has 0 radical (unpaired) electrons. The fourth-order valence-corrected chi connectivity index (χ4v) is 7.77. The number of furan rings is 1. The van der Waals surface area contributed by atoms with Crippen LogP contribution < -0.4 is 0 Å². The highest BCUT2D eigenvalue weighted by Crippen LogP contribution is 2.44. The summed E-state index contributed by atoms with van der Waals surface area (Å²) in [6.07, 6.45) is 0. The maximum absolute atomic E-state index is 6.55. The molecule has 0 fully saturated rings. The first kappa shape index (κ1) is 27.1. The molecule has 0 atom stereocenters. The number of hydrogen-bond donors (Lipinski definition) is 0. The van der Waals surface area contributed by atoms with Gasteiger partial charge < -0.3 is 4.42 Å². The van der Waals surface area contributed by atoms with Crippen LogP contribution in [0.5, 0.6) is 0 Å². The molecule has 0 spiro atoms. The summed E-state index contributed by atoms with van der Waals surface area (Å²) in [5.41, 5.74) is 7.91. The summed E-state index contributed by atoms with van der Waals surface area (Å²) >= 11 is 0. The second kappa shape index (κ2) is 10.3. The molecule has 3 heterocycles. The molecule has 0 saturated heterocycles. The summed E-state index contributed by atoms with van der Waals surface area (Å²) in [4.78, 5) is 15.5. The largest absolute Gasteiger partial charge is 0.456 e. The van der Waals surface area contributed by atoms with E-state index in [1.165, 1.54) is 27.3 Å². The first-order chi connectivity index (χ1) is 24.8. The Kier molecular flexibility index (Phi) is 5.60. The van der Waals surface area contributed by atoms with Crippen molar-refractivity contribution in [3.05, 3.63) is 158 Å². The van der Waals surface area contributed by atoms with E-state index in [4.69, 9.17) is 19.4 Å². The highest BCUT2D eigenvalue weighted by Gasteiger charge is 2.22. The monoisotopic (exact) mass is 638 g/mol. The molecule has 11 rings (SSSR count). The molecular formula is C45H26N4O. The minimum atomic E-state index is 0.563. The van der Waals surface area contributed by atoms with Crippen molar-refractivity contribution in [2.24, 2.45) is 0 Å². The molecule has 232 valence electrons. The fraction of sp³-hybridized carbons (Fsp3) is 0. The Morgan fingerprint density at radius 3 is 1.76 bits per heavy atom. The van der Waals surface area contributed by atoms with Crippen molar-refractivity contribution in [3.8, 4) is 39.9 Å². The average Bonchev–Trinajstić information content (AvgIpc) is 3.74. The number of fused-ring (bicyclic) bond motifs is 6. The van der Waals surface area contributed by atoms with Gasteiger partial charge in [0, 0.05) is 32.7 Å². The van der Waals surface area contributed by atoms with Gasteiger partial charge in [-0.3, -0.25) is 4.57 Å². The van der Waals surface area contributed by atoms with Crippen LogP contribution >= 0.6 is 0 Å². The van der Waals surface area contributed by atoms with Gasteiger partial charge in [0.2, 0.25) is 5.95 Å². The molecule has 0 N–H and O–H groups in total. The molecule has 50 heavy (non-hydrogen) atoms. The Morgan fingerprint density at radius 2 is 0.960 bits per heavy atom. The van der Waals surface area contributed by atoms with Gasteiger partial charge in [0.25, 0.3) is 0 Å². The predicted octanol–water partition coefficient (Wildman–Crippen LogP) is 11.6. The van der Waals surface area contributed by atoms with Gasteiger partial charge in [0.15, 0.2) is 11.6 Å². The summed E-state index contributed by atoms with van der Waals surface area (Å²) in [6.45, 7) is 0. The van der Waals surface area contributed by atoms with Crippen LogP contribution in [-0.4, -0.2) is 19.5 Å². The van der Waals surface area contributed by atoms with Crippen molar-refractivity contribution in [3.63, 3.8) is 0 Å². The van der Waals surface area contributed by atoms with Crippen LogP contribution in [-0.2, 0) is 0 Å². The Bertz CT molecular complexity index is 3090. The van der Waals surface area contributed by atoms with E-state index in [2.05, 4.69) is 126 Å². The number of benzene rings is 8. The molecule has 11 aromatic rings. The minimum Gasteiger partial charge on any atom is -0.456 e. The van der Waals surface area contributed by atoms with Gasteiger partial charge in [0.1, 0.15) is 11.2 Å². The molecule has 5 nitrogen and oxygen atoms in total. The average molecular weight is 639 g/mol. The lowest BCUT2D eigenvalue weighted by Gasteiger charge is -2.12. The molecule has 8 aromatic carbocycles. The molecule has 0 saturated carbocycles. The maximum atomic E-state index is 6.55. The van der Waals surface area contributed by atoms with Gasteiger partial charge >= 0.3 is 0 Å². The van der Waals surface area contributed by atoms with Gasteiger partial charge in [-0.15, -0.1) is 0 Å². The Labute approximate surface area is 286 Å². The van der Waals surface area contributed by atoms with Crippen LogP contribution in [0.2, 0.25) is 0 Å². The first-order valence-corrected chi connectivity index (χ1v) is 16.8. The Morgan fingerprint density at radius 1 is 0.360 bits per heavy atom. The van der Waals surface area contributed by atoms with Crippen LogP contribution in [0.25, 0.3) is 105 Å². The van der Waals surface area contributed by atoms with E-state index >= 15 is 0 Å². The Balaban J connectivity index is 1.21. The van der Waals surface area contributed by atoms with Gasteiger partial charge in [-0.1, -0.05) is 121 Å². The van der Waals surface area contributed by atoms with Crippen molar-refractivity contribution < 1.29 is 4.42 Å². The molecule has 0 aliphatic heterocycles. The summed E-state index contributed by atoms with van der Waals surface area (Å²) in [5, 5.41) is 9.28. The van der Waals surface area contributed by atoms with E-state index in [0.717, 1.165) is 60.3 Å². The maximum Gasteiger partial charge on any atom is 0.238 e. The molecule has 0 bridgehead atoms. The van der Waals surface area contributed by atoms with Crippen LogP contribution in [0.1, 0.15) is 0 Å².